The lowest BCUT2D eigenvalue weighted by atomic mass is 9.98. The predicted molar refractivity (Wildman–Crippen MR) is 202 cm³/mol. The minimum atomic E-state index is -3.85. The average molecular weight is 789 g/mol. The van der Waals surface area contributed by atoms with Crippen molar-refractivity contribution in [3.05, 3.63) is 116 Å². The van der Waals surface area contributed by atoms with Crippen molar-refractivity contribution >= 4 is 11.7 Å². The molecule has 2 aromatic heterocycles. The summed E-state index contributed by atoms with van der Waals surface area (Å²) in [7, 11) is 0. The number of phenolic OH excluding ortho intramolecular Hbond substituents is 2. The first-order valence-corrected chi connectivity index (χ1v) is 18.3. The van der Waals surface area contributed by atoms with Gasteiger partial charge in [-0.2, -0.15) is 18.9 Å². The molecular weight excluding hydrogens is 746 g/mol. The number of phenols is 2. The number of aromatic nitrogens is 5. The first-order valence-electron chi connectivity index (χ1n) is 18.3. The number of aromatic amines is 1. The van der Waals surface area contributed by atoms with Crippen molar-refractivity contribution in [2.24, 2.45) is 0 Å². The number of benzene rings is 3. The monoisotopic (exact) mass is 788 g/mol. The Morgan fingerprint density at radius 1 is 0.947 bits per heavy atom. The highest BCUT2D eigenvalue weighted by atomic mass is 19.3. The second kappa shape index (κ2) is 16.0. The molecule has 2 fully saturated rings. The normalized spacial score (nSPS) is 19.9. The maximum Gasteiger partial charge on any atom is 0.351 e. The van der Waals surface area contributed by atoms with Crippen LogP contribution in [-0.2, 0) is 17.8 Å². The standard InChI is InChI=1S/C39H42F2N8O8/c1-22(2)27-17-28(30(52)18-29(27)51)34-44-45-38(56)49(34)26-9-5-24(6-10-26)20-47-15-13-46(14-16-47)19-23-3-7-25(8-4-23)35(54)42-32-11-12-48(37(55)43-32)36-39(40,41)33(53)31(21-50)57-36/h3-12,17-18,22,31,33,36,50-53H,13-16,19-21H2,1-2H3,(H,45,56)(H,42,43,54,55)/t31-,33-,36-/m1/s1. The molecule has 18 heteroatoms. The summed E-state index contributed by atoms with van der Waals surface area (Å²) in [6.45, 7) is 7.63. The van der Waals surface area contributed by atoms with Gasteiger partial charge < -0.3 is 30.5 Å². The number of carbonyl (C=O) groups is 1. The number of aliphatic hydroxyl groups is 2. The summed E-state index contributed by atoms with van der Waals surface area (Å²) >= 11 is 0. The highest BCUT2D eigenvalue weighted by molar-refractivity contribution is 6.03. The zero-order chi connectivity index (χ0) is 40.6. The summed E-state index contributed by atoms with van der Waals surface area (Å²) in [5.41, 5.74) is 2.28. The molecule has 7 rings (SSSR count). The molecule has 0 aliphatic carbocycles. The number of hydrogen-bond donors (Lipinski definition) is 6. The second-order valence-electron chi connectivity index (χ2n) is 14.5. The maximum atomic E-state index is 14.5. The van der Waals surface area contributed by atoms with Crippen LogP contribution in [0.4, 0.5) is 14.6 Å². The Kier molecular flexibility index (Phi) is 11.1. The van der Waals surface area contributed by atoms with Crippen molar-refractivity contribution in [1.29, 1.82) is 0 Å². The fourth-order valence-electron chi connectivity index (χ4n) is 7.05. The van der Waals surface area contributed by atoms with Crippen LogP contribution in [0.5, 0.6) is 11.5 Å². The molecule has 3 aromatic carbocycles. The number of H-pyrrole nitrogens is 1. The van der Waals surface area contributed by atoms with E-state index in [0.29, 0.717) is 40.0 Å². The van der Waals surface area contributed by atoms with E-state index in [9.17, 15) is 43.6 Å². The predicted octanol–water partition coefficient (Wildman–Crippen LogP) is 2.77. The van der Waals surface area contributed by atoms with E-state index in [1.165, 1.54) is 10.6 Å². The minimum absolute atomic E-state index is 0.0187. The molecule has 0 radical (unpaired) electrons. The Balaban J connectivity index is 0.908. The summed E-state index contributed by atoms with van der Waals surface area (Å²) < 4.78 is 35.9. The smallest absolute Gasteiger partial charge is 0.351 e. The van der Waals surface area contributed by atoms with Gasteiger partial charge in [-0.1, -0.05) is 38.1 Å². The molecule has 0 bridgehead atoms. The quantitative estimate of drug-likeness (QED) is 0.114. The highest BCUT2D eigenvalue weighted by Gasteiger charge is 2.59. The number of hydrogen-bond acceptors (Lipinski definition) is 12. The number of anilines is 1. The Labute approximate surface area is 324 Å². The van der Waals surface area contributed by atoms with Gasteiger partial charge in [0, 0.05) is 57.1 Å². The Bertz CT molecular complexity index is 2360. The number of nitrogens with one attached hydrogen (secondary N) is 2. The minimum Gasteiger partial charge on any atom is -0.508 e. The van der Waals surface area contributed by atoms with Gasteiger partial charge in [-0.3, -0.25) is 19.2 Å². The lowest BCUT2D eigenvalue weighted by molar-refractivity contribution is -0.140. The molecule has 300 valence electrons. The van der Waals surface area contributed by atoms with Crippen molar-refractivity contribution in [1.82, 2.24) is 34.1 Å². The molecule has 2 aliphatic heterocycles. The van der Waals surface area contributed by atoms with E-state index in [4.69, 9.17) is 4.74 Å². The summed E-state index contributed by atoms with van der Waals surface area (Å²) in [4.78, 5) is 46.6. The molecule has 16 nitrogen and oxygen atoms in total. The van der Waals surface area contributed by atoms with E-state index in [0.717, 1.165) is 49.6 Å². The average Bonchev–Trinajstić information content (AvgIpc) is 3.67. The Morgan fingerprint density at radius 2 is 1.56 bits per heavy atom. The van der Waals surface area contributed by atoms with Crippen molar-refractivity contribution < 1.29 is 38.7 Å². The number of nitrogens with zero attached hydrogens (tertiary/aromatic N) is 6. The molecule has 0 spiro atoms. The maximum absolute atomic E-state index is 14.5. The zero-order valence-electron chi connectivity index (χ0n) is 31.0. The molecule has 2 aliphatic rings. The molecule has 3 atom stereocenters. The van der Waals surface area contributed by atoms with Gasteiger partial charge in [0.25, 0.3) is 5.91 Å². The number of rotatable bonds is 11. The Morgan fingerprint density at radius 3 is 2.12 bits per heavy atom. The number of halogens is 2. The number of amides is 1. The SMILES string of the molecule is CC(C)c1cc(-c2n[nH]c(=O)n2-c2ccc(CN3CCN(Cc4ccc(C(=O)Nc5ccn([C@@H]6O[C@H](CO)[C@@H](O)C6(F)F)c(=O)n5)cc4)CC3)cc2)c(O)cc1O. The lowest BCUT2D eigenvalue weighted by Gasteiger charge is -2.34. The molecule has 6 N–H and O–H groups in total. The third kappa shape index (κ3) is 8.08. The number of alkyl halides is 2. The number of aliphatic hydroxyl groups excluding tert-OH is 2. The van der Waals surface area contributed by atoms with Gasteiger partial charge in [-0.15, -0.1) is 0 Å². The van der Waals surface area contributed by atoms with Gasteiger partial charge in [-0.05, 0) is 59.0 Å². The molecule has 0 saturated carbocycles. The number of aromatic hydroxyl groups is 2. The van der Waals surface area contributed by atoms with E-state index in [1.807, 2.05) is 50.2 Å². The number of carbonyl (C=O) groups excluding carboxylic acids is 1. The van der Waals surface area contributed by atoms with Crippen LogP contribution in [-0.4, -0.2) is 111 Å². The summed E-state index contributed by atoms with van der Waals surface area (Å²) in [5, 5.41) is 49.0. The van der Waals surface area contributed by atoms with Gasteiger partial charge in [0.05, 0.1) is 17.9 Å². The zero-order valence-corrected chi connectivity index (χ0v) is 31.0. The first-order chi connectivity index (χ1) is 27.2. The largest absolute Gasteiger partial charge is 0.508 e. The lowest BCUT2D eigenvalue weighted by Crippen LogP contribution is -2.45. The van der Waals surface area contributed by atoms with Crippen LogP contribution in [0.1, 0.15) is 53.0 Å². The van der Waals surface area contributed by atoms with Crippen LogP contribution in [0.25, 0.3) is 17.1 Å². The van der Waals surface area contributed by atoms with E-state index >= 15 is 0 Å². The van der Waals surface area contributed by atoms with Crippen LogP contribution in [0.15, 0.2) is 82.5 Å². The summed E-state index contributed by atoms with van der Waals surface area (Å²) in [5.74, 6) is -4.57. The summed E-state index contributed by atoms with van der Waals surface area (Å²) in [6, 6.07) is 18.6. The third-order valence-electron chi connectivity index (χ3n) is 10.3. The van der Waals surface area contributed by atoms with Crippen LogP contribution in [0.2, 0.25) is 0 Å². The van der Waals surface area contributed by atoms with Crippen molar-refractivity contribution in [3.8, 4) is 28.6 Å². The topological polar surface area (TPSA) is 211 Å². The number of ether oxygens (including phenoxy) is 1. The fourth-order valence-corrected chi connectivity index (χ4v) is 7.05. The van der Waals surface area contributed by atoms with Gasteiger partial charge in [0.1, 0.15) is 23.4 Å². The van der Waals surface area contributed by atoms with Crippen LogP contribution in [0.3, 0.4) is 0 Å². The van der Waals surface area contributed by atoms with Crippen molar-refractivity contribution in [3.63, 3.8) is 0 Å². The van der Waals surface area contributed by atoms with Crippen LogP contribution in [0, 0.1) is 0 Å². The molecular formula is C39H42F2N8O8. The second-order valence-corrected chi connectivity index (χ2v) is 14.5. The van der Waals surface area contributed by atoms with E-state index in [-0.39, 0.29) is 29.1 Å². The summed E-state index contributed by atoms with van der Waals surface area (Å²) in [6.07, 6.45) is -5.07. The molecule has 1 amide bonds. The van der Waals surface area contributed by atoms with Crippen molar-refractivity contribution in [2.75, 3.05) is 38.1 Å². The van der Waals surface area contributed by atoms with E-state index in [1.54, 1.807) is 18.2 Å². The van der Waals surface area contributed by atoms with E-state index in [2.05, 4.69) is 30.3 Å². The molecule has 4 heterocycles. The molecule has 2 saturated heterocycles. The van der Waals surface area contributed by atoms with Crippen molar-refractivity contribution in [2.45, 2.75) is 57.2 Å². The van der Waals surface area contributed by atoms with E-state index < -0.39 is 48.3 Å². The van der Waals surface area contributed by atoms with Gasteiger partial charge >= 0.3 is 17.3 Å². The van der Waals surface area contributed by atoms with Crippen LogP contribution < -0.4 is 16.7 Å². The molecule has 5 aromatic rings. The molecule has 57 heavy (non-hydrogen) atoms. The highest BCUT2D eigenvalue weighted by Crippen LogP contribution is 2.42. The third-order valence-corrected chi connectivity index (χ3v) is 10.3. The van der Waals surface area contributed by atoms with Crippen LogP contribution >= 0.6 is 0 Å². The fraction of sp³-hybridized carbons (Fsp3) is 0.359. The number of piperazine rings is 1. The van der Waals surface area contributed by atoms with Gasteiger partial charge in [0.15, 0.2) is 11.9 Å². The Hall–Kier alpha value is -5.79. The van der Waals surface area contributed by atoms with Gasteiger partial charge in [-0.25, -0.2) is 19.3 Å². The molecule has 0 unspecified atom stereocenters. The first kappa shape index (κ1) is 39.4. The van der Waals surface area contributed by atoms with Gasteiger partial charge in [0.2, 0.25) is 6.23 Å².